The van der Waals surface area contributed by atoms with Crippen molar-refractivity contribution >= 4 is 69.7 Å². The number of unbranched alkanes of at least 4 members (excludes halogenated alkanes) is 1. The number of benzene rings is 7. The van der Waals surface area contributed by atoms with Crippen LogP contribution >= 0.6 is 23.5 Å². The Morgan fingerprint density at radius 3 is 1.46 bits per heavy atom. The van der Waals surface area contributed by atoms with Gasteiger partial charge in [0, 0.05) is 37.8 Å². The molecule has 11 rings (SSSR count). The Kier molecular flexibility index (Phi) is 8.25. The first-order valence-electron chi connectivity index (χ1n) is 19.6. The lowest BCUT2D eigenvalue weighted by Gasteiger charge is -2.36. The molecular weight excluding hydrogens is 726 g/mol. The zero-order valence-corrected chi connectivity index (χ0v) is 32.8. The molecule has 0 unspecified atom stereocenters. The third-order valence-electron chi connectivity index (χ3n) is 11.4. The lowest BCUT2D eigenvalue weighted by molar-refractivity contribution is 0.449. The number of hydrogen-bond donors (Lipinski definition) is 0. The van der Waals surface area contributed by atoms with Gasteiger partial charge in [-0.05, 0) is 101 Å². The standard InChI is InChI=1S/C48H36B2O4S2/c1-3-5-10-30-17-21-32(22-18-30)52-34-24-42-48-46(26-34)56-44-14-9-7-12-36(44)50(48)38-27-37-39(28-40(38)54-42)53-41-23-33(51-31-19-15-29(4-2)16-20-31)25-45-47(41)49(37)35-11-6-8-13-43(35)55-45/h6-9,11-28H,3-5,10H2,1-2H3. The van der Waals surface area contributed by atoms with Crippen LogP contribution in [0.4, 0.5) is 0 Å². The van der Waals surface area contributed by atoms with Crippen molar-refractivity contribution in [2.24, 2.45) is 0 Å². The molecule has 0 atom stereocenters. The van der Waals surface area contributed by atoms with Crippen LogP contribution in [0.1, 0.15) is 37.8 Å². The molecule has 0 fully saturated rings. The predicted octanol–water partition coefficient (Wildman–Crippen LogP) is 9.35. The number of rotatable bonds is 8. The van der Waals surface area contributed by atoms with Crippen LogP contribution in [0.15, 0.2) is 153 Å². The summed E-state index contributed by atoms with van der Waals surface area (Å²) in [5, 5.41) is 0. The fourth-order valence-electron chi connectivity index (χ4n) is 8.63. The third-order valence-corrected chi connectivity index (χ3v) is 13.7. The zero-order chi connectivity index (χ0) is 37.3. The summed E-state index contributed by atoms with van der Waals surface area (Å²) in [5.74, 6) is 6.38. The molecular formula is C48H36B2O4S2. The molecule has 0 radical (unpaired) electrons. The molecule has 0 saturated carbocycles. The molecule has 0 aliphatic carbocycles. The molecule has 7 aromatic carbocycles. The summed E-state index contributed by atoms with van der Waals surface area (Å²) >= 11 is 3.58. The highest BCUT2D eigenvalue weighted by Gasteiger charge is 2.44. The number of ether oxygens (including phenoxy) is 4. The first-order valence-corrected chi connectivity index (χ1v) is 21.2. The molecule has 8 heteroatoms. The molecule has 0 bridgehead atoms. The topological polar surface area (TPSA) is 36.9 Å². The SMILES string of the molecule is CCCCc1ccc(Oc2cc3c4c(c2)Sc2ccccc2B4c2cc4c(cc2O3)Oc2cc(Oc3ccc(CC)cc3)cc3c2B4c2ccccc2S3)cc1. The van der Waals surface area contributed by atoms with Crippen molar-refractivity contribution in [2.45, 2.75) is 59.1 Å². The Hall–Kier alpha value is -5.43. The fourth-order valence-corrected chi connectivity index (χ4v) is 11.0. The Morgan fingerprint density at radius 1 is 0.464 bits per heavy atom. The van der Waals surface area contributed by atoms with Crippen LogP contribution in [0.25, 0.3) is 0 Å². The summed E-state index contributed by atoms with van der Waals surface area (Å²) in [4.78, 5) is 4.81. The molecule has 0 aromatic heterocycles. The van der Waals surface area contributed by atoms with Gasteiger partial charge < -0.3 is 18.9 Å². The van der Waals surface area contributed by atoms with E-state index in [1.54, 1.807) is 23.5 Å². The van der Waals surface area contributed by atoms with Gasteiger partial charge in [-0.25, -0.2) is 0 Å². The van der Waals surface area contributed by atoms with Gasteiger partial charge in [0.05, 0.1) is 0 Å². The second-order valence-electron chi connectivity index (χ2n) is 14.9. The van der Waals surface area contributed by atoms with E-state index >= 15 is 0 Å². The molecule has 56 heavy (non-hydrogen) atoms. The van der Waals surface area contributed by atoms with Crippen LogP contribution in [-0.2, 0) is 12.8 Å². The highest BCUT2D eigenvalue weighted by atomic mass is 32.2. The average molecular weight is 763 g/mol. The van der Waals surface area contributed by atoms with E-state index in [2.05, 4.69) is 129 Å². The summed E-state index contributed by atoms with van der Waals surface area (Å²) in [5.41, 5.74) is 9.88. The minimum Gasteiger partial charge on any atom is -0.458 e. The second kappa shape index (κ2) is 13.6. The minimum atomic E-state index is 0.00217. The van der Waals surface area contributed by atoms with Crippen molar-refractivity contribution in [3.8, 4) is 46.0 Å². The maximum Gasteiger partial charge on any atom is 0.253 e. The monoisotopic (exact) mass is 762 g/mol. The van der Waals surface area contributed by atoms with Crippen LogP contribution < -0.4 is 51.7 Å². The van der Waals surface area contributed by atoms with Crippen LogP contribution in [0.2, 0.25) is 0 Å². The maximum atomic E-state index is 6.93. The van der Waals surface area contributed by atoms with Gasteiger partial charge in [-0.2, -0.15) is 0 Å². The Bertz CT molecular complexity index is 2700. The molecule has 4 aliphatic heterocycles. The van der Waals surface area contributed by atoms with Gasteiger partial charge in [-0.3, -0.25) is 0 Å². The van der Waals surface area contributed by atoms with Crippen molar-refractivity contribution in [1.29, 1.82) is 0 Å². The van der Waals surface area contributed by atoms with Gasteiger partial charge in [-0.1, -0.05) is 121 Å². The Morgan fingerprint density at radius 2 is 0.964 bits per heavy atom. The van der Waals surface area contributed by atoms with E-state index in [0.29, 0.717) is 0 Å². The van der Waals surface area contributed by atoms with Crippen molar-refractivity contribution < 1.29 is 18.9 Å². The van der Waals surface area contributed by atoms with Crippen LogP contribution in [0.3, 0.4) is 0 Å². The number of aryl methyl sites for hydroxylation is 2. The molecule has 0 saturated heterocycles. The molecule has 4 aliphatic rings. The quantitative estimate of drug-likeness (QED) is 0.144. The molecule has 0 spiro atoms. The largest absolute Gasteiger partial charge is 0.458 e. The normalized spacial score (nSPS) is 13.5. The van der Waals surface area contributed by atoms with Crippen LogP contribution in [-0.4, -0.2) is 13.4 Å². The molecule has 7 aromatic rings. The first-order chi connectivity index (χ1) is 27.6. The third kappa shape index (κ3) is 5.72. The molecule has 4 heterocycles. The first kappa shape index (κ1) is 33.9. The highest BCUT2D eigenvalue weighted by Crippen LogP contribution is 2.44. The summed E-state index contributed by atoms with van der Waals surface area (Å²) in [7, 11) is 0. The second-order valence-corrected chi connectivity index (χ2v) is 17.1. The van der Waals surface area contributed by atoms with Crippen LogP contribution in [0.5, 0.6) is 46.0 Å². The van der Waals surface area contributed by atoms with E-state index in [1.165, 1.54) is 55.6 Å². The summed E-state index contributed by atoms with van der Waals surface area (Å²) in [6.45, 7) is 4.40. The highest BCUT2D eigenvalue weighted by molar-refractivity contribution is 8.00. The summed E-state index contributed by atoms with van der Waals surface area (Å²) in [6.07, 6.45) is 4.44. The molecule has 0 amide bonds. The lowest BCUT2D eigenvalue weighted by Crippen LogP contribution is -2.61. The molecule has 0 N–H and O–H groups in total. The van der Waals surface area contributed by atoms with E-state index in [9.17, 15) is 0 Å². The van der Waals surface area contributed by atoms with Gasteiger partial charge in [-0.15, -0.1) is 0 Å². The minimum absolute atomic E-state index is 0.00217. The maximum absolute atomic E-state index is 6.93. The van der Waals surface area contributed by atoms with E-state index < -0.39 is 0 Å². The lowest BCUT2D eigenvalue weighted by atomic mass is 9.32. The summed E-state index contributed by atoms with van der Waals surface area (Å²) < 4.78 is 26.8. The average Bonchev–Trinajstić information content (AvgIpc) is 3.22. The van der Waals surface area contributed by atoms with E-state index in [4.69, 9.17) is 18.9 Å². The van der Waals surface area contributed by atoms with Crippen molar-refractivity contribution in [3.05, 3.63) is 145 Å². The zero-order valence-electron chi connectivity index (χ0n) is 31.1. The Balaban J connectivity index is 1.02. The number of fused-ring (bicyclic) bond motifs is 8. The van der Waals surface area contributed by atoms with Crippen molar-refractivity contribution in [1.82, 2.24) is 0 Å². The van der Waals surface area contributed by atoms with Gasteiger partial charge in [0.2, 0.25) is 0 Å². The van der Waals surface area contributed by atoms with Crippen LogP contribution in [0, 0.1) is 0 Å². The van der Waals surface area contributed by atoms with E-state index in [0.717, 1.165) is 79.6 Å². The van der Waals surface area contributed by atoms with E-state index in [-0.39, 0.29) is 13.4 Å². The van der Waals surface area contributed by atoms with Crippen molar-refractivity contribution in [2.75, 3.05) is 0 Å². The number of hydrogen-bond acceptors (Lipinski definition) is 6. The predicted molar refractivity (Wildman–Crippen MR) is 231 cm³/mol. The smallest absolute Gasteiger partial charge is 0.253 e. The fraction of sp³-hybridized carbons (Fsp3) is 0.125. The van der Waals surface area contributed by atoms with E-state index in [1.807, 2.05) is 18.2 Å². The summed E-state index contributed by atoms with van der Waals surface area (Å²) in [6, 6.07) is 47.3. The molecule has 270 valence electrons. The van der Waals surface area contributed by atoms with Gasteiger partial charge >= 0.3 is 0 Å². The molecule has 4 nitrogen and oxygen atoms in total. The van der Waals surface area contributed by atoms with Gasteiger partial charge in [0.25, 0.3) is 13.4 Å². The van der Waals surface area contributed by atoms with Gasteiger partial charge in [0.1, 0.15) is 46.0 Å². The van der Waals surface area contributed by atoms with Gasteiger partial charge in [0.15, 0.2) is 0 Å². The van der Waals surface area contributed by atoms with Crippen molar-refractivity contribution in [3.63, 3.8) is 0 Å². The Labute approximate surface area is 336 Å².